The number of nitrogen functional groups attached to an aromatic ring is 1. The summed E-state index contributed by atoms with van der Waals surface area (Å²) < 4.78 is 0. The van der Waals surface area contributed by atoms with Gasteiger partial charge in [-0.3, -0.25) is 10.4 Å². The monoisotopic (exact) mass is 233 g/mol. The van der Waals surface area contributed by atoms with Crippen molar-refractivity contribution in [2.24, 2.45) is 5.84 Å². The second-order valence-electron chi connectivity index (χ2n) is 3.11. The lowest BCUT2D eigenvalue weighted by atomic mass is 10.4. The summed E-state index contributed by atoms with van der Waals surface area (Å²) in [6, 6.07) is 3.86. The van der Waals surface area contributed by atoms with Crippen molar-refractivity contribution in [3.05, 3.63) is 36.3 Å². The van der Waals surface area contributed by atoms with Crippen molar-refractivity contribution in [2.75, 3.05) is 5.43 Å². The van der Waals surface area contributed by atoms with Crippen molar-refractivity contribution < 1.29 is 0 Å². The Morgan fingerprint density at radius 2 is 2.06 bits per heavy atom. The average Bonchev–Trinajstić information content (AvgIpc) is 2.33. The van der Waals surface area contributed by atoms with Gasteiger partial charge in [0.2, 0.25) is 5.95 Å². The predicted octanol–water partition coefficient (Wildman–Crippen LogP) is 1.62. The van der Waals surface area contributed by atoms with E-state index in [-0.39, 0.29) is 0 Å². The van der Waals surface area contributed by atoms with E-state index in [4.69, 9.17) is 5.84 Å². The van der Waals surface area contributed by atoms with E-state index in [0.717, 1.165) is 15.5 Å². The van der Waals surface area contributed by atoms with E-state index in [1.54, 1.807) is 30.4 Å². The Labute approximate surface area is 97.5 Å². The molecule has 0 fully saturated rings. The zero-order valence-electron chi connectivity index (χ0n) is 8.71. The normalized spacial score (nSPS) is 10.1. The number of aromatic nitrogens is 3. The third-order valence-electron chi connectivity index (χ3n) is 1.92. The largest absolute Gasteiger partial charge is 0.292 e. The van der Waals surface area contributed by atoms with Gasteiger partial charge in [-0.2, -0.15) is 0 Å². The van der Waals surface area contributed by atoms with Crippen molar-refractivity contribution in [1.29, 1.82) is 0 Å². The van der Waals surface area contributed by atoms with E-state index in [2.05, 4.69) is 20.4 Å². The number of hydrogen-bond acceptors (Lipinski definition) is 6. The van der Waals surface area contributed by atoms with E-state index >= 15 is 0 Å². The highest BCUT2D eigenvalue weighted by Crippen LogP contribution is 2.27. The third-order valence-corrected chi connectivity index (χ3v) is 3.03. The molecular weight excluding hydrogens is 222 g/mol. The molecule has 2 rings (SSSR count). The molecule has 0 aromatic carbocycles. The van der Waals surface area contributed by atoms with Gasteiger partial charge >= 0.3 is 0 Å². The lowest BCUT2D eigenvalue weighted by Crippen LogP contribution is -2.10. The molecule has 82 valence electrons. The Hall–Kier alpha value is -1.66. The molecule has 3 N–H and O–H groups in total. The minimum Gasteiger partial charge on any atom is -0.292 e. The Morgan fingerprint density at radius 1 is 1.31 bits per heavy atom. The van der Waals surface area contributed by atoms with Crippen molar-refractivity contribution in [1.82, 2.24) is 15.0 Å². The average molecular weight is 233 g/mol. The number of hydrazine groups is 1. The van der Waals surface area contributed by atoms with Crippen molar-refractivity contribution >= 4 is 17.7 Å². The van der Waals surface area contributed by atoms with Crippen LogP contribution in [-0.4, -0.2) is 15.0 Å². The maximum atomic E-state index is 5.27. The van der Waals surface area contributed by atoms with E-state index < -0.39 is 0 Å². The summed E-state index contributed by atoms with van der Waals surface area (Å²) >= 11 is 1.56. The number of nitrogens with zero attached hydrogens (tertiary/aromatic N) is 3. The lowest BCUT2D eigenvalue weighted by Gasteiger charge is -2.05. The molecule has 0 radical (unpaired) electrons. The molecule has 0 spiro atoms. The zero-order chi connectivity index (χ0) is 11.4. The van der Waals surface area contributed by atoms with Gasteiger partial charge in [0.05, 0.1) is 0 Å². The molecule has 16 heavy (non-hydrogen) atoms. The Balaban J connectivity index is 2.27. The SMILES string of the molecule is Cc1cnc(NN)nc1Sc1ccncc1. The summed E-state index contributed by atoms with van der Waals surface area (Å²) in [5.74, 6) is 5.69. The Kier molecular flexibility index (Phi) is 3.33. The fourth-order valence-corrected chi connectivity index (χ4v) is 1.94. The van der Waals surface area contributed by atoms with Gasteiger partial charge in [0.25, 0.3) is 0 Å². The first-order valence-electron chi connectivity index (χ1n) is 4.68. The van der Waals surface area contributed by atoms with Crippen LogP contribution in [0, 0.1) is 6.92 Å². The summed E-state index contributed by atoms with van der Waals surface area (Å²) in [5, 5.41) is 0.883. The molecular formula is C10H11N5S. The first-order chi connectivity index (χ1) is 7.79. The Bertz CT molecular complexity index is 474. The van der Waals surface area contributed by atoms with Crippen LogP contribution < -0.4 is 11.3 Å². The number of pyridine rings is 1. The van der Waals surface area contributed by atoms with Gasteiger partial charge < -0.3 is 0 Å². The zero-order valence-corrected chi connectivity index (χ0v) is 9.53. The second kappa shape index (κ2) is 4.91. The van der Waals surface area contributed by atoms with Gasteiger partial charge in [-0.1, -0.05) is 11.8 Å². The third kappa shape index (κ3) is 2.47. The number of hydrogen-bond donors (Lipinski definition) is 2. The fourth-order valence-electron chi connectivity index (χ4n) is 1.12. The van der Waals surface area contributed by atoms with E-state index in [0.29, 0.717) is 5.95 Å². The molecule has 0 saturated carbocycles. The first-order valence-corrected chi connectivity index (χ1v) is 5.49. The molecule has 6 heteroatoms. The molecule has 0 unspecified atom stereocenters. The van der Waals surface area contributed by atoms with Crippen molar-refractivity contribution in [3.8, 4) is 0 Å². The minimum absolute atomic E-state index is 0.419. The van der Waals surface area contributed by atoms with Crippen LogP contribution in [0.5, 0.6) is 0 Å². The van der Waals surface area contributed by atoms with Gasteiger partial charge in [-0.05, 0) is 19.1 Å². The highest BCUT2D eigenvalue weighted by atomic mass is 32.2. The maximum Gasteiger partial charge on any atom is 0.238 e. The number of aryl methyl sites for hydroxylation is 1. The summed E-state index contributed by atoms with van der Waals surface area (Å²) in [4.78, 5) is 13.4. The molecule has 0 aliphatic rings. The van der Waals surface area contributed by atoms with E-state index in [1.165, 1.54) is 0 Å². The van der Waals surface area contributed by atoms with E-state index in [1.807, 2.05) is 19.1 Å². The molecule has 2 heterocycles. The maximum absolute atomic E-state index is 5.27. The number of nitrogens with two attached hydrogens (primary N) is 1. The van der Waals surface area contributed by atoms with Crippen LogP contribution in [-0.2, 0) is 0 Å². The number of nitrogens with one attached hydrogen (secondary N) is 1. The molecule has 0 bridgehead atoms. The van der Waals surface area contributed by atoms with Gasteiger partial charge in [0.1, 0.15) is 5.03 Å². The quantitative estimate of drug-likeness (QED) is 0.476. The second-order valence-corrected chi connectivity index (χ2v) is 4.17. The summed E-state index contributed by atoms with van der Waals surface area (Å²) in [6.07, 6.45) is 5.24. The molecule has 2 aromatic heterocycles. The smallest absolute Gasteiger partial charge is 0.238 e. The fraction of sp³-hybridized carbons (Fsp3) is 0.100. The molecule has 2 aromatic rings. The summed E-state index contributed by atoms with van der Waals surface area (Å²) in [7, 11) is 0. The van der Waals surface area contributed by atoms with Crippen LogP contribution in [0.25, 0.3) is 0 Å². The van der Waals surface area contributed by atoms with Gasteiger partial charge in [-0.15, -0.1) is 0 Å². The van der Waals surface area contributed by atoms with Crippen molar-refractivity contribution in [2.45, 2.75) is 16.8 Å². The number of anilines is 1. The van der Waals surface area contributed by atoms with Crippen LogP contribution >= 0.6 is 11.8 Å². The lowest BCUT2D eigenvalue weighted by molar-refractivity contribution is 0.992. The van der Waals surface area contributed by atoms with Crippen LogP contribution in [0.15, 0.2) is 40.6 Å². The highest BCUT2D eigenvalue weighted by molar-refractivity contribution is 7.99. The highest BCUT2D eigenvalue weighted by Gasteiger charge is 2.04. The van der Waals surface area contributed by atoms with Crippen LogP contribution in [0.4, 0.5) is 5.95 Å². The Morgan fingerprint density at radius 3 is 2.75 bits per heavy atom. The molecule has 5 nitrogen and oxygen atoms in total. The van der Waals surface area contributed by atoms with Gasteiger partial charge in [0.15, 0.2) is 0 Å². The molecule has 0 saturated heterocycles. The van der Waals surface area contributed by atoms with Crippen molar-refractivity contribution in [3.63, 3.8) is 0 Å². The summed E-state index contributed by atoms with van der Waals surface area (Å²) in [6.45, 7) is 1.96. The van der Waals surface area contributed by atoms with E-state index in [9.17, 15) is 0 Å². The molecule has 0 atom stereocenters. The first kappa shape index (κ1) is 10.8. The van der Waals surface area contributed by atoms with Gasteiger partial charge in [-0.25, -0.2) is 15.8 Å². The van der Waals surface area contributed by atoms with Crippen LogP contribution in [0.1, 0.15) is 5.56 Å². The minimum atomic E-state index is 0.419. The molecule has 0 amide bonds. The van der Waals surface area contributed by atoms with Crippen LogP contribution in [0.2, 0.25) is 0 Å². The summed E-state index contributed by atoms with van der Waals surface area (Å²) in [5.41, 5.74) is 3.45. The number of rotatable bonds is 3. The standard InChI is InChI=1S/C10H11N5S/c1-7-6-13-10(15-11)14-9(7)16-8-2-4-12-5-3-8/h2-6H,11H2,1H3,(H,13,14,15). The molecule has 0 aliphatic carbocycles. The van der Waals surface area contributed by atoms with Gasteiger partial charge in [0, 0.05) is 29.0 Å². The topological polar surface area (TPSA) is 76.7 Å². The van der Waals surface area contributed by atoms with Crippen LogP contribution in [0.3, 0.4) is 0 Å². The predicted molar refractivity (Wildman–Crippen MR) is 62.9 cm³/mol. The molecule has 0 aliphatic heterocycles.